The van der Waals surface area contributed by atoms with E-state index in [1.165, 1.54) is 24.3 Å². The lowest BCUT2D eigenvalue weighted by molar-refractivity contribution is -0.138. The van der Waals surface area contributed by atoms with Crippen LogP contribution in [0, 0.1) is 5.82 Å². The molecule has 2 rings (SSSR count). The van der Waals surface area contributed by atoms with Gasteiger partial charge in [-0.15, -0.1) is 10.2 Å². The molecule has 1 aromatic carbocycles. The van der Waals surface area contributed by atoms with Crippen molar-refractivity contribution in [3.8, 4) is 0 Å². The maximum atomic E-state index is 12.7. The third-order valence-corrected chi connectivity index (χ3v) is 3.08. The van der Waals surface area contributed by atoms with E-state index in [9.17, 15) is 22.4 Å². The summed E-state index contributed by atoms with van der Waals surface area (Å²) < 4.78 is 49.5. The molecule has 4 nitrogen and oxygen atoms in total. The van der Waals surface area contributed by atoms with Crippen molar-refractivity contribution in [3.05, 3.63) is 40.7 Å². The quantitative estimate of drug-likeness (QED) is 0.887. The number of benzene rings is 1. The Labute approximate surface area is 114 Å². The van der Waals surface area contributed by atoms with Gasteiger partial charge in [-0.25, -0.2) is 4.39 Å². The number of nitrogens with one attached hydrogen (secondary N) is 1. The fraction of sp³-hybridized carbons (Fsp3) is 0.182. The Balaban J connectivity index is 1.98. The van der Waals surface area contributed by atoms with Crippen molar-refractivity contribution in [3.63, 3.8) is 0 Å². The first kappa shape index (κ1) is 14.4. The minimum absolute atomic E-state index is 0.0960. The van der Waals surface area contributed by atoms with Gasteiger partial charge >= 0.3 is 6.18 Å². The van der Waals surface area contributed by atoms with Crippen LogP contribution in [0.5, 0.6) is 0 Å². The predicted molar refractivity (Wildman–Crippen MR) is 63.6 cm³/mol. The molecule has 9 heteroatoms. The number of halogens is 4. The Morgan fingerprint density at radius 3 is 2.40 bits per heavy atom. The Morgan fingerprint density at radius 2 is 1.85 bits per heavy atom. The highest BCUT2D eigenvalue weighted by atomic mass is 32.1. The molecule has 0 fully saturated rings. The topological polar surface area (TPSA) is 54.9 Å². The van der Waals surface area contributed by atoms with Gasteiger partial charge in [-0.3, -0.25) is 4.79 Å². The third-order valence-electron chi connectivity index (χ3n) is 2.19. The highest BCUT2D eigenvalue weighted by Gasteiger charge is 2.35. The van der Waals surface area contributed by atoms with Crippen LogP contribution in [0.4, 0.5) is 22.7 Å². The zero-order chi connectivity index (χ0) is 14.8. The van der Waals surface area contributed by atoms with Crippen molar-refractivity contribution in [2.24, 2.45) is 0 Å². The van der Waals surface area contributed by atoms with Crippen molar-refractivity contribution in [2.45, 2.75) is 12.6 Å². The van der Waals surface area contributed by atoms with Gasteiger partial charge < -0.3 is 5.32 Å². The Morgan fingerprint density at radius 1 is 1.20 bits per heavy atom. The molecule has 0 unspecified atom stereocenters. The fourth-order valence-electron chi connectivity index (χ4n) is 1.34. The van der Waals surface area contributed by atoms with Gasteiger partial charge in [0.05, 0.1) is 6.42 Å². The monoisotopic (exact) mass is 305 g/mol. The number of rotatable bonds is 3. The van der Waals surface area contributed by atoms with Gasteiger partial charge in [-0.1, -0.05) is 23.5 Å². The van der Waals surface area contributed by atoms with Crippen LogP contribution >= 0.6 is 11.3 Å². The van der Waals surface area contributed by atoms with Crippen LogP contribution in [0.1, 0.15) is 10.6 Å². The van der Waals surface area contributed by atoms with E-state index in [1.807, 2.05) is 0 Å². The summed E-state index contributed by atoms with van der Waals surface area (Å²) in [4.78, 5) is 11.6. The lowest BCUT2D eigenvalue weighted by Gasteiger charge is -2.01. The molecule has 106 valence electrons. The molecule has 2 aromatic rings. The fourth-order valence-corrected chi connectivity index (χ4v) is 1.97. The Bertz CT molecular complexity index is 609. The zero-order valence-electron chi connectivity index (χ0n) is 9.74. The zero-order valence-corrected chi connectivity index (χ0v) is 10.6. The lowest BCUT2D eigenvalue weighted by atomic mass is 10.1. The molecule has 0 radical (unpaired) electrons. The Kier molecular flexibility index (Phi) is 3.98. The average molecular weight is 305 g/mol. The predicted octanol–water partition coefficient (Wildman–Crippen LogP) is 2.88. The highest BCUT2D eigenvalue weighted by molar-refractivity contribution is 7.15. The summed E-state index contributed by atoms with van der Waals surface area (Å²) in [5.74, 6) is -0.991. The number of alkyl halides is 3. The average Bonchev–Trinajstić information content (AvgIpc) is 2.80. The molecule has 1 amide bonds. The summed E-state index contributed by atoms with van der Waals surface area (Å²) in [7, 11) is 0. The lowest BCUT2D eigenvalue weighted by Crippen LogP contribution is -2.14. The van der Waals surface area contributed by atoms with Crippen LogP contribution in [0.2, 0.25) is 0 Å². The van der Waals surface area contributed by atoms with Gasteiger partial charge in [0.15, 0.2) is 0 Å². The van der Waals surface area contributed by atoms with E-state index >= 15 is 0 Å². The van der Waals surface area contributed by atoms with Gasteiger partial charge in [-0.2, -0.15) is 13.2 Å². The van der Waals surface area contributed by atoms with Crippen molar-refractivity contribution in [2.75, 3.05) is 5.32 Å². The number of carbonyl (C=O) groups is 1. The number of anilines is 1. The van der Waals surface area contributed by atoms with Gasteiger partial charge in [0, 0.05) is 0 Å². The summed E-state index contributed by atoms with van der Waals surface area (Å²) in [6.07, 6.45) is -4.68. The van der Waals surface area contributed by atoms with Gasteiger partial charge in [0.1, 0.15) is 5.82 Å². The van der Waals surface area contributed by atoms with E-state index in [1.54, 1.807) is 0 Å². The SMILES string of the molecule is O=C(Cc1ccc(F)cc1)Nc1nnc(C(F)(F)F)s1. The number of hydrogen-bond donors (Lipinski definition) is 1. The molecule has 0 spiro atoms. The van der Waals surface area contributed by atoms with E-state index in [2.05, 4.69) is 15.5 Å². The molecule has 20 heavy (non-hydrogen) atoms. The van der Waals surface area contributed by atoms with Crippen molar-refractivity contribution in [1.29, 1.82) is 0 Å². The molecule has 0 aliphatic rings. The number of nitrogens with zero attached hydrogens (tertiary/aromatic N) is 2. The number of amides is 1. The minimum Gasteiger partial charge on any atom is -0.300 e. The maximum absolute atomic E-state index is 12.7. The normalized spacial score (nSPS) is 11.4. The maximum Gasteiger partial charge on any atom is 0.445 e. The summed E-state index contributed by atoms with van der Waals surface area (Å²) >= 11 is 0.242. The van der Waals surface area contributed by atoms with Crippen molar-refractivity contribution >= 4 is 22.4 Å². The molecule has 0 aliphatic carbocycles. The second-order valence-electron chi connectivity index (χ2n) is 3.76. The van der Waals surface area contributed by atoms with Crippen LogP contribution in [-0.2, 0) is 17.4 Å². The van der Waals surface area contributed by atoms with E-state index in [0.29, 0.717) is 5.56 Å². The van der Waals surface area contributed by atoms with Crippen LogP contribution in [0.3, 0.4) is 0 Å². The van der Waals surface area contributed by atoms with Crippen LogP contribution < -0.4 is 5.32 Å². The molecule has 0 aliphatic heterocycles. The molecule has 0 saturated carbocycles. The second-order valence-corrected chi connectivity index (χ2v) is 4.74. The van der Waals surface area contributed by atoms with E-state index < -0.39 is 22.9 Å². The molecule has 0 atom stereocenters. The van der Waals surface area contributed by atoms with Gasteiger partial charge in [0.2, 0.25) is 16.0 Å². The Hall–Kier alpha value is -2.03. The molecule has 1 N–H and O–H groups in total. The summed E-state index contributed by atoms with van der Waals surface area (Å²) in [6, 6.07) is 5.21. The highest BCUT2D eigenvalue weighted by Crippen LogP contribution is 2.32. The summed E-state index contributed by atoms with van der Waals surface area (Å²) in [5, 5.41) is 7.02. The van der Waals surface area contributed by atoms with E-state index in [0.717, 1.165) is 0 Å². The molecular formula is C11H7F4N3OS. The summed E-state index contributed by atoms with van der Waals surface area (Å²) in [5.41, 5.74) is 0.532. The molecule has 0 saturated heterocycles. The van der Waals surface area contributed by atoms with E-state index in [4.69, 9.17) is 0 Å². The first-order valence-corrected chi connectivity index (χ1v) is 6.11. The largest absolute Gasteiger partial charge is 0.445 e. The second kappa shape index (κ2) is 5.53. The minimum atomic E-state index is -4.59. The van der Waals surface area contributed by atoms with E-state index in [-0.39, 0.29) is 22.9 Å². The standard InChI is InChI=1S/C11H7F4N3OS/c12-7-3-1-6(2-4-7)5-8(19)16-10-18-17-9(20-10)11(13,14)15/h1-4H,5H2,(H,16,18,19). The van der Waals surface area contributed by atoms with Gasteiger partial charge in [0.25, 0.3) is 0 Å². The molecule has 1 aromatic heterocycles. The molecule has 1 heterocycles. The van der Waals surface area contributed by atoms with Crippen molar-refractivity contribution < 1.29 is 22.4 Å². The third kappa shape index (κ3) is 3.73. The van der Waals surface area contributed by atoms with Crippen LogP contribution in [-0.4, -0.2) is 16.1 Å². The first-order valence-electron chi connectivity index (χ1n) is 5.29. The first-order chi connectivity index (χ1) is 9.34. The molecular weight excluding hydrogens is 298 g/mol. The number of hydrogen-bond acceptors (Lipinski definition) is 4. The molecule has 0 bridgehead atoms. The number of aromatic nitrogens is 2. The number of carbonyl (C=O) groups excluding carboxylic acids is 1. The van der Waals surface area contributed by atoms with Crippen LogP contribution in [0.25, 0.3) is 0 Å². The summed E-state index contributed by atoms with van der Waals surface area (Å²) in [6.45, 7) is 0. The van der Waals surface area contributed by atoms with Crippen LogP contribution in [0.15, 0.2) is 24.3 Å². The van der Waals surface area contributed by atoms with Gasteiger partial charge in [-0.05, 0) is 17.7 Å². The smallest absolute Gasteiger partial charge is 0.300 e. The van der Waals surface area contributed by atoms with Crippen molar-refractivity contribution in [1.82, 2.24) is 10.2 Å².